The average molecular weight is 289 g/mol. The van der Waals surface area contributed by atoms with Crippen LogP contribution in [0.25, 0.3) is 0 Å². The number of aromatic nitrogens is 1. The second-order valence-corrected chi connectivity index (χ2v) is 6.77. The number of hydrogen-bond acceptors (Lipinski definition) is 5. The Morgan fingerprint density at radius 2 is 1.76 bits per heavy atom. The zero-order valence-electron chi connectivity index (χ0n) is 13.3. The van der Waals surface area contributed by atoms with E-state index in [1.165, 1.54) is 0 Å². The van der Waals surface area contributed by atoms with Gasteiger partial charge < -0.3 is 19.5 Å². The fraction of sp³-hybridized carbons (Fsp3) is 0.667. The van der Waals surface area contributed by atoms with Crippen LogP contribution in [-0.4, -0.2) is 49.5 Å². The van der Waals surface area contributed by atoms with E-state index in [1.54, 1.807) is 0 Å². The van der Waals surface area contributed by atoms with Gasteiger partial charge in [-0.15, -0.1) is 0 Å². The van der Waals surface area contributed by atoms with E-state index < -0.39 is 0 Å². The smallest absolute Gasteiger partial charge is 0.399 e. The van der Waals surface area contributed by atoms with Gasteiger partial charge in [-0.2, -0.15) is 0 Å². The summed E-state index contributed by atoms with van der Waals surface area (Å²) in [6.07, 6.45) is 1.84. The van der Waals surface area contributed by atoms with E-state index >= 15 is 0 Å². The molecule has 1 aromatic rings. The van der Waals surface area contributed by atoms with Crippen molar-refractivity contribution in [2.45, 2.75) is 38.9 Å². The molecule has 6 heteroatoms. The maximum Gasteiger partial charge on any atom is 0.495 e. The molecule has 1 N–H and O–H groups in total. The molecule has 0 aromatic carbocycles. The third-order valence-electron chi connectivity index (χ3n) is 4.74. The maximum atomic E-state index is 6.11. The molecule has 1 aromatic heterocycles. The molecular weight excluding hydrogens is 265 g/mol. The number of nitrogens with zero attached hydrogens (tertiary/aromatic N) is 2. The molecule has 114 valence electrons. The quantitative estimate of drug-likeness (QED) is 0.816. The second kappa shape index (κ2) is 5.27. The van der Waals surface area contributed by atoms with Gasteiger partial charge in [-0.25, -0.2) is 4.98 Å². The van der Waals surface area contributed by atoms with Gasteiger partial charge in [-0.05, 0) is 45.3 Å². The Bertz CT molecular complexity index is 499. The van der Waals surface area contributed by atoms with E-state index in [4.69, 9.17) is 9.31 Å². The molecule has 5 nitrogen and oxygen atoms in total. The Morgan fingerprint density at radius 1 is 1.14 bits per heavy atom. The van der Waals surface area contributed by atoms with Crippen molar-refractivity contribution in [3.05, 3.63) is 18.3 Å². The molecule has 0 atom stereocenters. The van der Waals surface area contributed by atoms with Gasteiger partial charge >= 0.3 is 7.12 Å². The third-order valence-corrected chi connectivity index (χ3v) is 4.74. The van der Waals surface area contributed by atoms with Gasteiger partial charge in [0.05, 0.1) is 11.2 Å². The first-order chi connectivity index (χ1) is 9.89. The van der Waals surface area contributed by atoms with E-state index in [0.29, 0.717) is 0 Å². The summed E-state index contributed by atoms with van der Waals surface area (Å²) in [6.45, 7) is 12.3. The molecule has 3 rings (SSSR count). The topological polar surface area (TPSA) is 46.6 Å². The molecule has 0 radical (unpaired) electrons. The molecule has 21 heavy (non-hydrogen) atoms. The first kappa shape index (κ1) is 14.8. The van der Waals surface area contributed by atoms with Crippen LogP contribution in [0.5, 0.6) is 0 Å². The Kier molecular flexibility index (Phi) is 3.72. The molecule has 0 bridgehead atoms. The summed E-state index contributed by atoms with van der Waals surface area (Å²) in [7, 11) is -0.320. The highest BCUT2D eigenvalue weighted by Crippen LogP contribution is 2.36. The summed E-state index contributed by atoms with van der Waals surface area (Å²) >= 11 is 0. The van der Waals surface area contributed by atoms with Crippen LogP contribution in [0.1, 0.15) is 27.7 Å². The minimum absolute atomic E-state index is 0.309. The normalized spacial score (nSPS) is 24.4. The minimum atomic E-state index is -0.320. The largest absolute Gasteiger partial charge is 0.495 e. The Hall–Kier alpha value is -1.11. The van der Waals surface area contributed by atoms with Crippen LogP contribution in [0.4, 0.5) is 5.82 Å². The standard InChI is InChI=1S/C15H24BN3O2/c1-14(2)15(3,4)21-16(20-14)12-5-6-18-13(11-12)19-9-7-17-8-10-19/h5-6,11,17H,7-10H2,1-4H3. The fourth-order valence-corrected chi connectivity index (χ4v) is 2.63. The van der Waals surface area contributed by atoms with Crippen molar-refractivity contribution in [3.8, 4) is 0 Å². The number of nitrogens with one attached hydrogen (secondary N) is 1. The lowest BCUT2D eigenvalue weighted by Crippen LogP contribution is -2.44. The van der Waals surface area contributed by atoms with Crippen LogP contribution >= 0.6 is 0 Å². The molecular formula is C15H24BN3O2. The summed E-state index contributed by atoms with van der Waals surface area (Å²) in [4.78, 5) is 6.79. The molecule has 0 unspecified atom stereocenters. The predicted octanol–water partition coefficient (Wildman–Crippen LogP) is 0.790. The fourth-order valence-electron chi connectivity index (χ4n) is 2.63. The average Bonchev–Trinajstić information content (AvgIpc) is 2.69. The summed E-state index contributed by atoms with van der Waals surface area (Å²) in [5, 5.41) is 3.36. The van der Waals surface area contributed by atoms with Crippen molar-refractivity contribution >= 4 is 18.4 Å². The van der Waals surface area contributed by atoms with Crippen molar-refractivity contribution in [1.29, 1.82) is 0 Å². The lowest BCUT2D eigenvalue weighted by Gasteiger charge is -2.32. The maximum absolute atomic E-state index is 6.11. The Morgan fingerprint density at radius 3 is 2.38 bits per heavy atom. The first-order valence-electron chi connectivity index (χ1n) is 7.66. The zero-order chi connectivity index (χ0) is 15.1. The van der Waals surface area contributed by atoms with Crippen LogP contribution in [0.3, 0.4) is 0 Å². The minimum Gasteiger partial charge on any atom is -0.399 e. The molecule has 0 saturated carbocycles. The van der Waals surface area contributed by atoms with Crippen LogP contribution in [0.2, 0.25) is 0 Å². The molecule has 2 aliphatic rings. The number of pyridine rings is 1. The number of rotatable bonds is 2. The lowest BCUT2D eigenvalue weighted by atomic mass is 9.79. The van der Waals surface area contributed by atoms with Gasteiger partial charge in [0, 0.05) is 32.4 Å². The van der Waals surface area contributed by atoms with E-state index in [-0.39, 0.29) is 18.3 Å². The van der Waals surface area contributed by atoms with Crippen molar-refractivity contribution in [2.75, 3.05) is 31.1 Å². The van der Waals surface area contributed by atoms with Gasteiger partial charge in [0.1, 0.15) is 5.82 Å². The monoisotopic (exact) mass is 289 g/mol. The highest BCUT2D eigenvalue weighted by molar-refractivity contribution is 6.62. The molecule has 0 aliphatic carbocycles. The van der Waals surface area contributed by atoms with Crippen LogP contribution in [0, 0.1) is 0 Å². The lowest BCUT2D eigenvalue weighted by molar-refractivity contribution is 0.00578. The predicted molar refractivity (Wildman–Crippen MR) is 85.0 cm³/mol. The van der Waals surface area contributed by atoms with Crippen molar-refractivity contribution < 1.29 is 9.31 Å². The van der Waals surface area contributed by atoms with E-state index in [1.807, 2.05) is 12.3 Å². The molecule has 3 heterocycles. The highest BCUT2D eigenvalue weighted by atomic mass is 16.7. The number of piperazine rings is 1. The van der Waals surface area contributed by atoms with E-state index in [0.717, 1.165) is 37.5 Å². The van der Waals surface area contributed by atoms with E-state index in [9.17, 15) is 0 Å². The van der Waals surface area contributed by atoms with Crippen molar-refractivity contribution in [3.63, 3.8) is 0 Å². The summed E-state index contributed by atoms with van der Waals surface area (Å²) < 4.78 is 12.2. The van der Waals surface area contributed by atoms with Crippen LogP contribution in [0.15, 0.2) is 18.3 Å². The SMILES string of the molecule is CC1(C)OB(c2ccnc(N3CCNCC3)c2)OC1(C)C. The molecule has 2 fully saturated rings. The summed E-state index contributed by atoms with van der Waals surface area (Å²) in [5.74, 6) is 1.00. The van der Waals surface area contributed by atoms with Crippen molar-refractivity contribution in [1.82, 2.24) is 10.3 Å². The van der Waals surface area contributed by atoms with Gasteiger partial charge in [0.2, 0.25) is 0 Å². The first-order valence-corrected chi connectivity index (χ1v) is 7.66. The molecule has 0 spiro atoms. The molecule has 0 amide bonds. The van der Waals surface area contributed by atoms with Gasteiger partial charge in [0.25, 0.3) is 0 Å². The van der Waals surface area contributed by atoms with Crippen LogP contribution in [-0.2, 0) is 9.31 Å². The van der Waals surface area contributed by atoms with Crippen molar-refractivity contribution in [2.24, 2.45) is 0 Å². The van der Waals surface area contributed by atoms with Gasteiger partial charge in [-0.1, -0.05) is 0 Å². The zero-order valence-corrected chi connectivity index (χ0v) is 13.3. The summed E-state index contributed by atoms with van der Waals surface area (Å²) in [6, 6.07) is 4.07. The van der Waals surface area contributed by atoms with Crippen LogP contribution < -0.4 is 15.7 Å². The number of hydrogen-bond donors (Lipinski definition) is 1. The third kappa shape index (κ3) is 2.80. The van der Waals surface area contributed by atoms with E-state index in [2.05, 4.69) is 49.0 Å². The molecule has 2 aliphatic heterocycles. The second-order valence-electron chi connectivity index (χ2n) is 6.77. The Balaban J connectivity index is 1.81. The Labute approximate surface area is 127 Å². The summed E-state index contributed by atoms with van der Waals surface area (Å²) in [5.41, 5.74) is 0.420. The molecule has 2 saturated heterocycles. The number of anilines is 1. The highest BCUT2D eigenvalue weighted by Gasteiger charge is 2.51. The van der Waals surface area contributed by atoms with Gasteiger partial charge in [-0.3, -0.25) is 0 Å². The van der Waals surface area contributed by atoms with Gasteiger partial charge in [0.15, 0.2) is 0 Å².